The number of ether oxygens (including phenoxy) is 1. The zero-order chi connectivity index (χ0) is 16.1. The molecule has 0 heterocycles. The molecular weight excluding hydrogens is 309 g/mol. The second-order valence-corrected chi connectivity index (χ2v) is 5.91. The van der Waals surface area contributed by atoms with Gasteiger partial charge in [0, 0.05) is 16.6 Å². The maximum absolute atomic E-state index is 13.6. The van der Waals surface area contributed by atoms with Crippen LogP contribution in [0.4, 0.5) is 4.39 Å². The van der Waals surface area contributed by atoms with E-state index in [-0.39, 0.29) is 29.0 Å². The number of amides is 1. The number of rotatable bonds is 5. The second-order valence-electron chi connectivity index (χ2n) is 5.50. The number of hydrogen-bond donors (Lipinski definition) is 1. The van der Waals surface area contributed by atoms with Crippen LogP contribution in [0.15, 0.2) is 18.2 Å². The van der Waals surface area contributed by atoms with Gasteiger partial charge >= 0.3 is 5.97 Å². The van der Waals surface area contributed by atoms with Crippen LogP contribution in [0.25, 0.3) is 0 Å². The third-order valence-electron chi connectivity index (χ3n) is 3.76. The molecule has 120 valence electrons. The van der Waals surface area contributed by atoms with E-state index in [1.165, 1.54) is 25.1 Å². The standard InChI is InChI=1S/C16H19ClFNO3/c1-10(16(21)19-11-5-2-3-6-11)22-15(20)9-12-13(17)7-4-8-14(12)18/h4,7-8,10-11H,2-3,5-6,9H2,1H3,(H,19,21)/t10-/m1/s1. The highest BCUT2D eigenvalue weighted by Crippen LogP contribution is 2.20. The van der Waals surface area contributed by atoms with Gasteiger partial charge in [0.05, 0.1) is 6.42 Å². The Morgan fingerprint density at radius 1 is 1.41 bits per heavy atom. The summed E-state index contributed by atoms with van der Waals surface area (Å²) in [6.45, 7) is 1.51. The molecule has 2 rings (SSSR count). The molecule has 0 bridgehead atoms. The molecule has 1 atom stereocenters. The molecule has 0 unspecified atom stereocenters. The van der Waals surface area contributed by atoms with Crippen molar-refractivity contribution in [3.8, 4) is 0 Å². The zero-order valence-electron chi connectivity index (χ0n) is 12.4. The second kappa shape index (κ2) is 7.58. The minimum atomic E-state index is -0.904. The van der Waals surface area contributed by atoms with E-state index in [9.17, 15) is 14.0 Å². The fraction of sp³-hybridized carbons (Fsp3) is 0.500. The summed E-state index contributed by atoms with van der Waals surface area (Å²) in [6.07, 6.45) is 2.91. The van der Waals surface area contributed by atoms with Crippen LogP contribution >= 0.6 is 11.6 Å². The molecule has 6 heteroatoms. The van der Waals surface area contributed by atoms with Crippen LogP contribution in [-0.4, -0.2) is 24.0 Å². The average molecular weight is 328 g/mol. The first-order valence-electron chi connectivity index (χ1n) is 7.40. The quantitative estimate of drug-likeness (QED) is 0.846. The van der Waals surface area contributed by atoms with Crippen LogP contribution in [0.3, 0.4) is 0 Å². The normalized spacial score (nSPS) is 16.3. The van der Waals surface area contributed by atoms with E-state index in [1.54, 1.807) is 0 Å². The van der Waals surface area contributed by atoms with E-state index in [1.807, 2.05) is 0 Å². The lowest BCUT2D eigenvalue weighted by molar-refractivity contribution is -0.154. The first-order valence-corrected chi connectivity index (χ1v) is 7.78. The summed E-state index contributed by atoms with van der Waals surface area (Å²) < 4.78 is 18.7. The number of carbonyl (C=O) groups is 2. The van der Waals surface area contributed by atoms with Gasteiger partial charge < -0.3 is 10.1 Å². The van der Waals surface area contributed by atoms with Crippen LogP contribution in [0.1, 0.15) is 38.2 Å². The van der Waals surface area contributed by atoms with Gasteiger partial charge in [-0.05, 0) is 31.9 Å². The molecule has 0 spiro atoms. The Labute approximate surface area is 134 Å². The van der Waals surface area contributed by atoms with Crippen LogP contribution < -0.4 is 5.32 Å². The van der Waals surface area contributed by atoms with Gasteiger partial charge in [-0.3, -0.25) is 9.59 Å². The molecule has 22 heavy (non-hydrogen) atoms. The average Bonchev–Trinajstić information content (AvgIpc) is 2.96. The summed E-state index contributed by atoms with van der Waals surface area (Å²) in [5, 5.41) is 3.02. The molecule has 1 aliphatic rings. The van der Waals surface area contributed by atoms with Gasteiger partial charge in [-0.25, -0.2) is 4.39 Å². The topological polar surface area (TPSA) is 55.4 Å². The lowest BCUT2D eigenvalue weighted by Crippen LogP contribution is -2.41. The van der Waals surface area contributed by atoms with Crippen LogP contribution in [0.5, 0.6) is 0 Å². The van der Waals surface area contributed by atoms with Gasteiger partial charge in [-0.1, -0.05) is 30.5 Å². The van der Waals surface area contributed by atoms with Crippen molar-refractivity contribution in [1.29, 1.82) is 0 Å². The van der Waals surface area contributed by atoms with E-state index in [2.05, 4.69) is 5.32 Å². The van der Waals surface area contributed by atoms with Gasteiger partial charge in [0.15, 0.2) is 6.10 Å². The Morgan fingerprint density at radius 3 is 2.73 bits per heavy atom. The van der Waals surface area contributed by atoms with E-state index in [0.29, 0.717) is 0 Å². The summed E-state index contributed by atoms with van der Waals surface area (Å²) in [4.78, 5) is 23.8. The Bertz CT molecular complexity index is 538. The van der Waals surface area contributed by atoms with Crippen molar-refractivity contribution >= 4 is 23.5 Å². The molecule has 1 aromatic carbocycles. The largest absolute Gasteiger partial charge is 0.452 e. The molecule has 0 radical (unpaired) electrons. The molecule has 0 aliphatic heterocycles. The molecule has 0 saturated heterocycles. The third kappa shape index (κ3) is 4.44. The van der Waals surface area contributed by atoms with Gasteiger partial charge in [-0.15, -0.1) is 0 Å². The Hall–Kier alpha value is -1.62. The van der Waals surface area contributed by atoms with Gasteiger partial charge in [0.2, 0.25) is 0 Å². The number of esters is 1. The lowest BCUT2D eigenvalue weighted by atomic mass is 10.1. The first kappa shape index (κ1) is 16.7. The summed E-state index contributed by atoms with van der Waals surface area (Å²) >= 11 is 5.86. The highest BCUT2D eigenvalue weighted by atomic mass is 35.5. The van der Waals surface area contributed by atoms with Crippen molar-refractivity contribution in [3.63, 3.8) is 0 Å². The SMILES string of the molecule is C[C@@H](OC(=O)Cc1c(F)cccc1Cl)C(=O)NC1CCCC1. The summed E-state index contributed by atoms with van der Waals surface area (Å²) in [5.74, 6) is -1.56. The van der Waals surface area contributed by atoms with E-state index < -0.39 is 17.9 Å². The fourth-order valence-electron chi connectivity index (χ4n) is 2.53. The Morgan fingerprint density at radius 2 is 2.09 bits per heavy atom. The molecule has 1 aliphatic carbocycles. The Balaban J connectivity index is 1.86. The van der Waals surface area contributed by atoms with Crippen molar-refractivity contribution in [1.82, 2.24) is 5.32 Å². The van der Waals surface area contributed by atoms with Crippen LogP contribution in [0, 0.1) is 5.82 Å². The first-order chi connectivity index (χ1) is 10.5. The highest BCUT2D eigenvalue weighted by molar-refractivity contribution is 6.31. The smallest absolute Gasteiger partial charge is 0.311 e. The number of halogens is 2. The molecule has 1 saturated carbocycles. The lowest BCUT2D eigenvalue weighted by Gasteiger charge is -2.17. The predicted molar refractivity (Wildman–Crippen MR) is 81.1 cm³/mol. The van der Waals surface area contributed by atoms with E-state index in [0.717, 1.165) is 25.7 Å². The molecule has 4 nitrogen and oxygen atoms in total. The molecule has 1 amide bonds. The number of hydrogen-bond acceptors (Lipinski definition) is 3. The molecule has 1 N–H and O–H groups in total. The van der Waals surface area contributed by atoms with Crippen molar-refractivity contribution < 1.29 is 18.7 Å². The number of benzene rings is 1. The van der Waals surface area contributed by atoms with E-state index in [4.69, 9.17) is 16.3 Å². The van der Waals surface area contributed by atoms with Gasteiger partial charge in [0.25, 0.3) is 5.91 Å². The minimum Gasteiger partial charge on any atom is -0.452 e. The molecule has 1 fully saturated rings. The van der Waals surface area contributed by atoms with Crippen LogP contribution in [0.2, 0.25) is 5.02 Å². The predicted octanol–water partition coefficient (Wildman–Crippen LogP) is 3.01. The maximum Gasteiger partial charge on any atom is 0.311 e. The molecular formula is C16H19ClFNO3. The third-order valence-corrected chi connectivity index (χ3v) is 4.12. The molecule has 1 aromatic rings. The Kier molecular flexibility index (Phi) is 5.77. The monoisotopic (exact) mass is 327 g/mol. The van der Waals surface area contributed by atoms with Crippen LogP contribution in [-0.2, 0) is 20.7 Å². The summed E-state index contributed by atoms with van der Waals surface area (Å²) in [5.41, 5.74) is 0.0811. The van der Waals surface area contributed by atoms with Crippen molar-refractivity contribution in [2.75, 3.05) is 0 Å². The summed E-state index contributed by atoms with van der Waals surface area (Å²) in [6, 6.07) is 4.35. The minimum absolute atomic E-state index is 0.0811. The van der Waals surface area contributed by atoms with Crippen molar-refractivity contribution in [3.05, 3.63) is 34.6 Å². The molecule has 0 aromatic heterocycles. The summed E-state index contributed by atoms with van der Waals surface area (Å²) in [7, 11) is 0. The number of carbonyl (C=O) groups excluding carboxylic acids is 2. The number of nitrogens with one attached hydrogen (secondary N) is 1. The zero-order valence-corrected chi connectivity index (χ0v) is 13.2. The highest BCUT2D eigenvalue weighted by Gasteiger charge is 2.23. The maximum atomic E-state index is 13.6. The van der Waals surface area contributed by atoms with Gasteiger partial charge in [-0.2, -0.15) is 0 Å². The van der Waals surface area contributed by atoms with E-state index >= 15 is 0 Å². The van der Waals surface area contributed by atoms with Crippen molar-refractivity contribution in [2.45, 2.75) is 51.2 Å². The van der Waals surface area contributed by atoms with Crippen molar-refractivity contribution in [2.24, 2.45) is 0 Å². The van der Waals surface area contributed by atoms with Gasteiger partial charge in [0.1, 0.15) is 5.82 Å². The fourth-order valence-corrected chi connectivity index (χ4v) is 2.76.